The van der Waals surface area contributed by atoms with E-state index in [4.69, 9.17) is 14.2 Å². The third-order valence-corrected chi connectivity index (χ3v) is 5.50. The summed E-state index contributed by atoms with van der Waals surface area (Å²) in [5.41, 5.74) is 1.28. The Labute approximate surface area is 192 Å². The van der Waals surface area contributed by atoms with Gasteiger partial charge in [0, 0.05) is 32.9 Å². The number of likely N-dealkylation sites (N-methyl/N-ethyl adjacent to an activating group) is 1. The summed E-state index contributed by atoms with van der Waals surface area (Å²) in [7, 11) is 2.13. The first kappa shape index (κ1) is 28.1. The number of benzene rings is 1. The summed E-state index contributed by atoms with van der Waals surface area (Å²) in [5.74, 6) is 0.895. The van der Waals surface area contributed by atoms with Gasteiger partial charge in [-0.3, -0.25) is 0 Å². The van der Waals surface area contributed by atoms with Gasteiger partial charge in [0.15, 0.2) is 0 Å². The first-order valence-electron chi connectivity index (χ1n) is 12.8. The second-order valence-corrected chi connectivity index (χ2v) is 8.29. The second-order valence-electron chi connectivity index (χ2n) is 8.29. The van der Waals surface area contributed by atoms with Crippen molar-refractivity contribution in [1.82, 2.24) is 4.90 Å². The molecular formula is C27H49NO3. The van der Waals surface area contributed by atoms with Gasteiger partial charge >= 0.3 is 0 Å². The number of hydrogen-bond acceptors (Lipinski definition) is 4. The minimum Gasteiger partial charge on any atom is -0.381 e. The summed E-state index contributed by atoms with van der Waals surface area (Å²) < 4.78 is 16.9. The number of ether oxygens (including phenoxy) is 3. The van der Waals surface area contributed by atoms with Crippen molar-refractivity contribution < 1.29 is 14.2 Å². The van der Waals surface area contributed by atoms with Gasteiger partial charge in [-0.05, 0) is 63.5 Å². The molecule has 0 radical (unpaired) electrons. The maximum atomic E-state index is 5.69. The van der Waals surface area contributed by atoms with Crippen LogP contribution in [0, 0.1) is 5.92 Å². The van der Waals surface area contributed by atoms with Crippen LogP contribution in [0.2, 0.25) is 0 Å². The van der Waals surface area contributed by atoms with Crippen LogP contribution in [0.5, 0.6) is 0 Å². The molecule has 0 bridgehead atoms. The fraction of sp³-hybridized carbons (Fsp3) is 0.778. The molecule has 0 spiro atoms. The average molecular weight is 436 g/mol. The van der Waals surface area contributed by atoms with Crippen LogP contribution < -0.4 is 0 Å². The fourth-order valence-corrected chi connectivity index (χ4v) is 3.16. The summed E-state index contributed by atoms with van der Waals surface area (Å²) in [6.45, 7) is 13.8. The van der Waals surface area contributed by atoms with Gasteiger partial charge in [-0.15, -0.1) is 0 Å². The Morgan fingerprint density at radius 1 is 0.806 bits per heavy atom. The molecule has 2 saturated carbocycles. The lowest BCUT2D eigenvalue weighted by Gasteiger charge is -2.35. The van der Waals surface area contributed by atoms with Gasteiger partial charge in [-0.25, -0.2) is 0 Å². The fourth-order valence-electron chi connectivity index (χ4n) is 3.16. The first-order chi connectivity index (χ1) is 15.3. The Hall–Kier alpha value is -0.940. The van der Waals surface area contributed by atoms with Gasteiger partial charge in [0.05, 0.1) is 18.8 Å². The number of likely N-dealkylation sites (tertiary alicyclic amines) is 1. The zero-order valence-electron chi connectivity index (χ0n) is 21.0. The highest BCUT2D eigenvalue weighted by atomic mass is 16.5. The molecule has 1 aromatic rings. The summed E-state index contributed by atoms with van der Waals surface area (Å²) >= 11 is 0. The molecule has 2 aliphatic carbocycles. The van der Waals surface area contributed by atoms with E-state index in [1.165, 1.54) is 37.7 Å². The van der Waals surface area contributed by atoms with E-state index < -0.39 is 0 Å². The van der Waals surface area contributed by atoms with E-state index >= 15 is 0 Å². The smallest absolute Gasteiger partial charge is 0.0828 e. The lowest BCUT2D eigenvalue weighted by atomic mass is 9.96. The minimum absolute atomic E-state index is 0.502. The van der Waals surface area contributed by atoms with E-state index in [1.54, 1.807) is 0 Å². The summed E-state index contributed by atoms with van der Waals surface area (Å²) in [6, 6.07) is 10.4. The zero-order valence-corrected chi connectivity index (χ0v) is 21.0. The Balaban J connectivity index is 0.000000272. The third kappa shape index (κ3) is 13.9. The highest BCUT2D eigenvalue weighted by Gasteiger charge is 2.23. The van der Waals surface area contributed by atoms with Gasteiger partial charge in [-0.2, -0.15) is 0 Å². The molecule has 0 amide bonds. The number of nitrogens with zero attached hydrogens (tertiary/aromatic N) is 1. The van der Waals surface area contributed by atoms with E-state index in [0.717, 1.165) is 58.3 Å². The van der Waals surface area contributed by atoms with Crippen LogP contribution in [0.3, 0.4) is 0 Å². The van der Waals surface area contributed by atoms with E-state index in [1.807, 2.05) is 33.8 Å². The van der Waals surface area contributed by atoms with E-state index in [9.17, 15) is 0 Å². The molecule has 1 aromatic carbocycles. The summed E-state index contributed by atoms with van der Waals surface area (Å²) in [4.78, 5) is 2.28. The van der Waals surface area contributed by atoms with Crippen LogP contribution >= 0.6 is 0 Å². The van der Waals surface area contributed by atoms with Gasteiger partial charge in [0.2, 0.25) is 0 Å². The molecule has 4 rings (SSSR count). The first-order valence-corrected chi connectivity index (χ1v) is 12.8. The van der Waals surface area contributed by atoms with Crippen molar-refractivity contribution in [3.05, 3.63) is 35.9 Å². The quantitative estimate of drug-likeness (QED) is 0.380. The van der Waals surface area contributed by atoms with Crippen molar-refractivity contribution in [3.8, 4) is 0 Å². The molecule has 1 heterocycles. The zero-order chi connectivity index (χ0) is 22.7. The normalized spacial score (nSPS) is 18.2. The van der Waals surface area contributed by atoms with E-state index in [-0.39, 0.29) is 0 Å². The molecule has 1 aliphatic heterocycles. The van der Waals surface area contributed by atoms with Gasteiger partial charge in [-0.1, -0.05) is 58.0 Å². The largest absolute Gasteiger partial charge is 0.381 e. The van der Waals surface area contributed by atoms with Crippen molar-refractivity contribution >= 4 is 0 Å². The second kappa shape index (κ2) is 18.6. The minimum atomic E-state index is 0.502. The Morgan fingerprint density at radius 3 is 2.00 bits per heavy atom. The molecule has 3 fully saturated rings. The summed E-state index contributed by atoms with van der Waals surface area (Å²) in [5, 5.41) is 0. The topological polar surface area (TPSA) is 30.9 Å². The number of rotatable bonds is 11. The van der Waals surface area contributed by atoms with Crippen LogP contribution in [0.4, 0.5) is 0 Å². The molecular weight excluding hydrogens is 386 g/mol. The molecule has 180 valence electrons. The van der Waals surface area contributed by atoms with Crippen LogP contribution in [0.1, 0.15) is 78.2 Å². The van der Waals surface area contributed by atoms with Gasteiger partial charge in [0.1, 0.15) is 0 Å². The van der Waals surface area contributed by atoms with Crippen molar-refractivity contribution in [2.24, 2.45) is 5.92 Å². The van der Waals surface area contributed by atoms with Gasteiger partial charge < -0.3 is 19.1 Å². The predicted molar refractivity (Wildman–Crippen MR) is 132 cm³/mol. The van der Waals surface area contributed by atoms with Gasteiger partial charge in [0.25, 0.3) is 0 Å². The van der Waals surface area contributed by atoms with E-state index in [0.29, 0.717) is 12.2 Å². The number of hydrogen-bond donors (Lipinski definition) is 0. The molecule has 4 heteroatoms. The lowest BCUT2D eigenvalue weighted by molar-refractivity contribution is -0.0453. The Morgan fingerprint density at radius 2 is 1.45 bits per heavy atom. The SMILES string of the molecule is CC.CC.CN1CC(OCCCCOCC2CC2)C1.c1ccc(COC2CCC2)cc1. The van der Waals surface area contributed by atoms with Crippen LogP contribution in [-0.4, -0.2) is 57.1 Å². The van der Waals surface area contributed by atoms with Crippen molar-refractivity contribution in [3.63, 3.8) is 0 Å². The standard InChI is InChI=1S/C12H23NO2.C11H14O.2C2H6/c1-13-8-12(9-13)15-7-3-2-6-14-10-11-4-5-11;1-2-5-10(6-3-1)9-12-11-7-4-8-11;2*1-2/h11-12H,2-10H2,1H3;1-3,5-6,11H,4,7-9H2;2*1-2H3. The van der Waals surface area contributed by atoms with E-state index in [2.05, 4.69) is 36.2 Å². The summed E-state index contributed by atoms with van der Waals surface area (Å²) in [6.07, 6.45) is 9.98. The van der Waals surface area contributed by atoms with Crippen molar-refractivity contribution in [2.75, 3.05) is 40.0 Å². The molecule has 0 atom stereocenters. The maximum absolute atomic E-state index is 5.69. The molecule has 0 aromatic heterocycles. The Bertz CT molecular complexity index is 496. The molecule has 0 unspecified atom stereocenters. The van der Waals surface area contributed by atoms with Crippen LogP contribution in [0.25, 0.3) is 0 Å². The third-order valence-electron chi connectivity index (χ3n) is 5.50. The molecule has 4 nitrogen and oxygen atoms in total. The molecule has 3 aliphatic rings. The monoisotopic (exact) mass is 435 g/mol. The lowest BCUT2D eigenvalue weighted by Crippen LogP contribution is -2.49. The highest BCUT2D eigenvalue weighted by Crippen LogP contribution is 2.28. The predicted octanol–water partition coefficient (Wildman–Crippen LogP) is 6.33. The maximum Gasteiger partial charge on any atom is 0.0828 e. The highest BCUT2D eigenvalue weighted by molar-refractivity contribution is 5.13. The molecule has 0 N–H and O–H groups in total. The molecule has 1 saturated heterocycles. The van der Waals surface area contributed by atoms with Crippen LogP contribution in [-0.2, 0) is 20.8 Å². The van der Waals surface area contributed by atoms with Crippen molar-refractivity contribution in [1.29, 1.82) is 0 Å². The molecule has 31 heavy (non-hydrogen) atoms. The Kier molecular flexibility index (Phi) is 16.9. The van der Waals surface area contributed by atoms with Crippen molar-refractivity contribution in [2.45, 2.75) is 91.5 Å². The average Bonchev–Trinajstić information content (AvgIpc) is 3.59. The van der Waals surface area contributed by atoms with Crippen LogP contribution in [0.15, 0.2) is 30.3 Å². The number of unbranched alkanes of at least 4 members (excludes halogenated alkanes) is 1.